The molecule has 3 aliphatic rings. The molecule has 1 unspecified atom stereocenters. The fraction of sp³-hybridized carbons (Fsp3) is 0.594. The third-order valence-corrected chi connectivity index (χ3v) is 8.93. The molecule has 0 radical (unpaired) electrons. The summed E-state index contributed by atoms with van der Waals surface area (Å²) in [6.07, 6.45) is 5.59. The summed E-state index contributed by atoms with van der Waals surface area (Å²) in [5.74, 6) is -3.12. The molecule has 16 heteroatoms. The van der Waals surface area contributed by atoms with Gasteiger partial charge in [0.2, 0.25) is 35.4 Å². The molecule has 0 aromatic heterocycles. The number of barbiturate groups is 3. The molecule has 3 aliphatic heterocycles. The van der Waals surface area contributed by atoms with Crippen molar-refractivity contribution < 1.29 is 43.2 Å². The topological polar surface area (TPSA) is 226 Å². The van der Waals surface area contributed by atoms with Crippen LogP contribution in [0.1, 0.15) is 92.9 Å². The lowest BCUT2D eigenvalue weighted by atomic mass is 9.70. The number of amides is 12. The summed E-state index contributed by atoms with van der Waals surface area (Å²) in [6.45, 7) is 18.5. The Morgan fingerprint density at radius 2 is 1.10 bits per heavy atom. The van der Waals surface area contributed by atoms with E-state index in [0.29, 0.717) is 30.2 Å². The van der Waals surface area contributed by atoms with Crippen LogP contribution in [0.5, 0.6) is 0 Å². The number of halogens is 1. The van der Waals surface area contributed by atoms with Crippen molar-refractivity contribution in [1.82, 2.24) is 31.9 Å². The van der Waals surface area contributed by atoms with Gasteiger partial charge in [-0.15, -0.1) is 6.58 Å². The minimum atomic E-state index is -1.26. The predicted octanol–water partition coefficient (Wildman–Crippen LogP) is 3.58. The van der Waals surface area contributed by atoms with Crippen LogP contribution in [0.3, 0.4) is 0 Å². The Morgan fingerprint density at radius 3 is 1.42 bits per heavy atom. The first-order valence-corrected chi connectivity index (χ1v) is 16.6. The van der Waals surface area contributed by atoms with Gasteiger partial charge >= 0.3 is 18.1 Å². The van der Waals surface area contributed by atoms with E-state index < -0.39 is 69.8 Å². The molecule has 0 spiro atoms. The van der Waals surface area contributed by atoms with Gasteiger partial charge in [-0.25, -0.2) is 14.4 Å². The normalized spacial score (nSPS) is 19.9. The molecule has 3 fully saturated rings. The molecule has 0 aromatic rings. The van der Waals surface area contributed by atoms with E-state index in [4.69, 9.17) is 0 Å². The second-order valence-electron chi connectivity index (χ2n) is 12.4. The van der Waals surface area contributed by atoms with Crippen molar-refractivity contribution in [2.24, 2.45) is 28.1 Å². The molecular formula is C32H47BrN6O9. The lowest BCUT2D eigenvalue weighted by Crippen LogP contribution is -2.64. The van der Waals surface area contributed by atoms with Crippen LogP contribution in [0.15, 0.2) is 23.7 Å². The zero-order valence-corrected chi connectivity index (χ0v) is 29.9. The molecule has 3 saturated heterocycles. The molecule has 3 heterocycles. The van der Waals surface area contributed by atoms with E-state index in [9.17, 15) is 43.2 Å². The fourth-order valence-corrected chi connectivity index (χ4v) is 6.20. The van der Waals surface area contributed by atoms with Crippen molar-refractivity contribution in [1.29, 1.82) is 0 Å². The number of rotatable bonds is 12. The van der Waals surface area contributed by atoms with E-state index in [-0.39, 0.29) is 24.7 Å². The number of allylic oxidation sites excluding steroid dienone is 2. The zero-order valence-electron chi connectivity index (χ0n) is 28.4. The second kappa shape index (κ2) is 17.8. The van der Waals surface area contributed by atoms with Crippen molar-refractivity contribution in [2.75, 3.05) is 0 Å². The van der Waals surface area contributed by atoms with E-state index in [1.807, 2.05) is 34.6 Å². The van der Waals surface area contributed by atoms with E-state index in [2.05, 4.69) is 61.0 Å². The van der Waals surface area contributed by atoms with Gasteiger partial charge in [0.05, 0.1) is 0 Å². The van der Waals surface area contributed by atoms with E-state index >= 15 is 0 Å². The molecule has 266 valence electrons. The maximum absolute atomic E-state index is 12.0. The maximum Gasteiger partial charge on any atom is 0.328 e. The van der Waals surface area contributed by atoms with Gasteiger partial charge in [-0.05, 0) is 42.0 Å². The summed E-state index contributed by atoms with van der Waals surface area (Å²) >= 11 is 3.17. The largest absolute Gasteiger partial charge is 0.328 e. The zero-order chi connectivity index (χ0) is 37.0. The number of urea groups is 3. The number of carbonyl (C=O) groups is 9. The van der Waals surface area contributed by atoms with Crippen LogP contribution in [0.2, 0.25) is 0 Å². The first kappa shape index (κ1) is 41.8. The summed E-state index contributed by atoms with van der Waals surface area (Å²) in [4.78, 5) is 104. The van der Waals surface area contributed by atoms with Crippen LogP contribution in [0, 0.1) is 28.1 Å². The molecule has 0 aliphatic carbocycles. The van der Waals surface area contributed by atoms with E-state index in [0.717, 1.165) is 12.8 Å². The van der Waals surface area contributed by atoms with Crippen molar-refractivity contribution in [3.63, 3.8) is 0 Å². The van der Waals surface area contributed by atoms with E-state index in [1.165, 1.54) is 6.08 Å². The van der Waals surface area contributed by atoms with Gasteiger partial charge in [-0.3, -0.25) is 60.7 Å². The van der Waals surface area contributed by atoms with Crippen LogP contribution >= 0.6 is 15.9 Å². The van der Waals surface area contributed by atoms with Crippen molar-refractivity contribution in [3.8, 4) is 0 Å². The molecule has 48 heavy (non-hydrogen) atoms. The highest BCUT2D eigenvalue weighted by atomic mass is 79.9. The predicted molar refractivity (Wildman–Crippen MR) is 179 cm³/mol. The SMILES string of the molecule is C=C(Br)CC1(C(C)CC)C(=O)NC(=O)NC1=O.C=CCC1(CC(C)C)C(=O)NC(=O)NC1=O.CCCCC1(CC)C(=O)NC(=O)NC1=O. The molecule has 0 aromatic carbocycles. The fourth-order valence-electron chi connectivity index (χ4n) is 5.76. The first-order chi connectivity index (χ1) is 22.3. The number of carbonyl (C=O) groups excluding carboxylic acids is 9. The highest BCUT2D eigenvalue weighted by Gasteiger charge is 2.53. The van der Waals surface area contributed by atoms with Crippen LogP contribution in [-0.2, 0) is 28.8 Å². The average molecular weight is 740 g/mol. The van der Waals surface area contributed by atoms with Gasteiger partial charge in [0, 0.05) is 6.42 Å². The summed E-state index contributed by atoms with van der Waals surface area (Å²) < 4.78 is 0.553. The van der Waals surface area contributed by atoms with Gasteiger partial charge < -0.3 is 0 Å². The third-order valence-electron chi connectivity index (χ3n) is 8.65. The molecule has 6 N–H and O–H groups in total. The lowest BCUT2D eigenvalue weighted by Gasteiger charge is -2.38. The summed E-state index contributed by atoms with van der Waals surface area (Å²) in [5, 5.41) is 12.9. The molecular weight excluding hydrogens is 692 g/mol. The summed E-state index contributed by atoms with van der Waals surface area (Å²) in [5.41, 5.74) is -3.50. The number of imide groups is 6. The minimum absolute atomic E-state index is 0.171. The smallest absolute Gasteiger partial charge is 0.277 e. The van der Waals surface area contributed by atoms with Crippen LogP contribution in [0.25, 0.3) is 0 Å². The van der Waals surface area contributed by atoms with Gasteiger partial charge in [0.1, 0.15) is 16.2 Å². The van der Waals surface area contributed by atoms with E-state index in [1.54, 1.807) is 6.92 Å². The Balaban J connectivity index is 0.000000361. The number of nitrogens with one attached hydrogen (secondary N) is 6. The number of hydrogen-bond donors (Lipinski definition) is 6. The lowest BCUT2D eigenvalue weighted by molar-refractivity contribution is -0.149. The number of hydrogen-bond acceptors (Lipinski definition) is 9. The minimum Gasteiger partial charge on any atom is -0.277 e. The molecule has 0 saturated carbocycles. The first-order valence-electron chi connectivity index (χ1n) is 15.8. The van der Waals surface area contributed by atoms with Crippen molar-refractivity contribution >= 4 is 69.5 Å². The van der Waals surface area contributed by atoms with Crippen LogP contribution in [0.4, 0.5) is 14.4 Å². The third kappa shape index (κ3) is 9.45. The van der Waals surface area contributed by atoms with Crippen molar-refractivity contribution in [3.05, 3.63) is 23.7 Å². The highest BCUT2D eigenvalue weighted by Crippen LogP contribution is 2.39. The average Bonchev–Trinajstić information content (AvgIpc) is 2.97. The Morgan fingerprint density at radius 1 is 0.708 bits per heavy atom. The number of unbranched alkanes of at least 4 members (excludes halogenated alkanes) is 1. The van der Waals surface area contributed by atoms with Crippen LogP contribution in [-0.4, -0.2) is 53.5 Å². The highest BCUT2D eigenvalue weighted by molar-refractivity contribution is 9.11. The van der Waals surface area contributed by atoms with Gasteiger partial charge in [-0.1, -0.05) is 89.4 Å². The van der Waals surface area contributed by atoms with Gasteiger partial charge in [0.25, 0.3) is 0 Å². The monoisotopic (exact) mass is 738 g/mol. The second-order valence-corrected chi connectivity index (χ2v) is 13.5. The Labute approximate surface area is 288 Å². The maximum atomic E-state index is 12.0. The molecule has 15 nitrogen and oxygen atoms in total. The molecule has 1 atom stereocenters. The molecule has 3 rings (SSSR count). The Kier molecular flexibility index (Phi) is 15.5. The molecule has 0 bridgehead atoms. The van der Waals surface area contributed by atoms with Gasteiger partial charge in [-0.2, -0.15) is 0 Å². The molecule has 12 amide bonds. The Bertz CT molecular complexity index is 1300. The quantitative estimate of drug-likeness (QED) is 0.127. The Hall–Kier alpha value is -4.21. The van der Waals surface area contributed by atoms with Gasteiger partial charge in [0.15, 0.2) is 0 Å². The standard InChI is InChI=1S/C11H15BrN2O3.C11H16N2O3.C10H16N2O3/c1-4-6(2)11(5-7(3)12)8(15)13-10(17)14-9(11)16;1-4-5-11(6-7(2)3)8(14)12-10(16)13-9(11)15;1-3-5-6-10(4-2)7(13)11-9(15)12-8(10)14/h6H,3-5H2,1-2H3,(H2,13,14,15,16,17);4,7H,1,5-6H2,2-3H3,(H2,12,13,14,15,16);3-6H2,1-2H3,(H2,11,12,13,14,15). The summed E-state index contributed by atoms with van der Waals surface area (Å²) in [6, 6.07) is -2.23. The summed E-state index contributed by atoms with van der Waals surface area (Å²) in [7, 11) is 0. The van der Waals surface area contributed by atoms with Crippen molar-refractivity contribution in [2.45, 2.75) is 92.9 Å². The van der Waals surface area contributed by atoms with Crippen LogP contribution < -0.4 is 31.9 Å².